The maximum Gasteiger partial charge on any atom is 0.247 e. The Bertz CT molecular complexity index is 1220. The van der Waals surface area contributed by atoms with Gasteiger partial charge in [0, 0.05) is 31.5 Å². The minimum absolute atomic E-state index is 0.0641. The van der Waals surface area contributed by atoms with E-state index in [1.165, 1.54) is 7.11 Å². The second kappa shape index (κ2) is 15.2. The number of hydrogen-bond donors (Lipinski definition) is 4. The summed E-state index contributed by atoms with van der Waals surface area (Å²) in [5.74, 6) is 0.119. The number of hydrogen-bond acceptors (Lipinski definition) is 7. The van der Waals surface area contributed by atoms with Crippen LogP contribution in [0.15, 0.2) is 60.7 Å². The number of halogens is 1. The average Bonchev–Trinajstić information content (AvgIpc) is 2.96. The zero-order valence-corrected chi connectivity index (χ0v) is 25.0. The standard InChI is InChI=1S/C30H37IN2O7/c1-4-5-6-27(36)33(17-20-9-7-19(2)8-10-20)24-15-22(30(38)32-11-12-34)16-25(28(24)37)40-29-23(31)13-21(18-35)14-26(29)39-3/h4,7-10,13-14,16,24-25,28,34-35,37H,1,5-6,11-12,15,17-18H2,2-3H3,(H,32,38). The third-order valence-corrected chi connectivity index (χ3v) is 7.50. The van der Waals surface area contributed by atoms with Crippen LogP contribution < -0.4 is 14.8 Å². The lowest BCUT2D eigenvalue weighted by Gasteiger charge is -2.41. The van der Waals surface area contributed by atoms with Crippen LogP contribution in [0.2, 0.25) is 0 Å². The molecule has 216 valence electrons. The first-order chi connectivity index (χ1) is 19.2. The summed E-state index contributed by atoms with van der Waals surface area (Å²) in [5, 5.41) is 33.1. The van der Waals surface area contributed by atoms with Crippen LogP contribution in [0.3, 0.4) is 0 Å². The highest BCUT2D eigenvalue weighted by Gasteiger charge is 2.40. The first-order valence-electron chi connectivity index (χ1n) is 13.1. The highest BCUT2D eigenvalue weighted by Crippen LogP contribution is 2.37. The predicted octanol–water partition coefficient (Wildman–Crippen LogP) is 3.01. The van der Waals surface area contributed by atoms with Crippen molar-refractivity contribution in [3.63, 3.8) is 0 Å². The normalized spacial score (nSPS) is 18.4. The number of aliphatic hydroxyl groups is 3. The zero-order chi connectivity index (χ0) is 29.2. The predicted molar refractivity (Wildman–Crippen MR) is 160 cm³/mol. The molecule has 3 unspecified atom stereocenters. The van der Waals surface area contributed by atoms with Crippen LogP contribution in [0.5, 0.6) is 11.5 Å². The van der Waals surface area contributed by atoms with Gasteiger partial charge in [-0.25, -0.2) is 0 Å². The number of nitrogens with one attached hydrogen (secondary N) is 1. The third kappa shape index (κ3) is 8.06. The maximum absolute atomic E-state index is 13.5. The fraction of sp³-hybridized carbons (Fsp3) is 0.400. The summed E-state index contributed by atoms with van der Waals surface area (Å²) in [5.41, 5.74) is 2.94. The van der Waals surface area contributed by atoms with Gasteiger partial charge in [0.2, 0.25) is 11.8 Å². The molecule has 0 bridgehead atoms. The lowest BCUT2D eigenvalue weighted by atomic mass is 9.87. The van der Waals surface area contributed by atoms with E-state index in [9.17, 15) is 24.9 Å². The Morgan fingerprint density at radius 3 is 2.55 bits per heavy atom. The SMILES string of the molecule is C=CCCC(=O)N(Cc1ccc(C)cc1)C1CC(C(=O)NCCO)=CC(Oc2c(I)cc(CO)cc2OC)C1O. The number of ether oxygens (including phenoxy) is 2. The molecule has 0 spiro atoms. The van der Waals surface area contributed by atoms with Gasteiger partial charge in [-0.3, -0.25) is 9.59 Å². The molecule has 10 heteroatoms. The number of nitrogens with zero attached hydrogens (tertiary/aromatic N) is 1. The molecule has 3 atom stereocenters. The summed E-state index contributed by atoms with van der Waals surface area (Å²) in [7, 11) is 1.48. The van der Waals surface area contributed by atoms with Crippen molar-refractivity contribution in [3.05, 3.63) is 81.0 Å². The fourth-order valence-corrected chi connectivity index (χ4v) is 5.34. The molecule has 0 fully saturated rings. The molecule has 2 amide bonds. The number of carbonyl (C=O) groups is 2. The topological polar surface area (TPSA) is 129 Å². The highest BCUT2D eigenvalue weighted by molar-refractivity contribution is 14.1. The van der Waals surface area contributed by atoms with Crippen molar-refractivity contribution in [1.29, 1.82) is 0 Å². The molecule has 3 rings (SSSR count). The largest absolute Gasteiger partial charge is 0.493 e. The van der Waals surface area contributed by atoms with E-state index in [0.717, 1.165) is 11.1 Å². The Balaban J connectivity index is 2.03. The van der Waals surface area contributed by atoms with Gasteiger partial charge in [-0.2, -0.15) is 0 Å². The highest BCUT2D eigenvalue weighted by atomic mass is 127. The number of aryl methyl sites for hydroxylation is 1. The second-order valence-electron chi connectivity index (χ2n) is 9.62. The van der Waals surface area contributed by atoms with Gasteiger partial charge in [0.15, 0.2) is 11.5 Å². The Hall–Kier alpha value is -2.93. The summed E-state index contributed by atoms with van der Waals surface area (Å²) < 4.78 is 12.4. The quantitative estimate of drug-likeness (QED) is 0.192. The van der Waals surface area contributed by atoms with E-state index in [1.54, 1.807) is 29.2 Å². The molecule has 2 aromatic carbocycles. The number of benzene rings is 2. The van der Waals surface area contributed by atoms with E-state index < -0.39 is 24.2 Å². The van der Waals surface area contributed by atoms with Gasteiger partial charge in [0.25, 0.3) is 0 Å². The number of amides is 2. The summed E-state index contributed by atoms with van der Waals surface area (Å²) in [6, 6.07) is 10.4. The summed E-state index contributed by atoms with van der Waals surface area (Å²) in [4.78, 5) is 28.1. The molecule has 9 nitrogen and oxygen atoms in total. The molecule has 1 aliphatic rings. The van der Waals surface area contributed by atoms with Gasteiger partial charge >= 0.3 is 0 Å². The van der Waals surface area contributed by atoms with Crippen molar-refractivity contribution in [2.75, 3.05) is 20.3 Å². The van der Waals surface area contributed by atoms with Crippen molar-refractivity contribution >= 4 is 34.4 Å². The van der Waals surface area contributed by atoms with Crippen molar-refractivity contribution in [2.24, 2.45) is 0 Å². The van der Waals surface area contributed by atoms with E-state index in [1.807, 2.05) is 31.2 Å². The Labute approximate surface area is 248 Å². The minimum atomic E-state index is -1.18. The van der Waals surface area contributed by atoms with Gasteiger partial charge in [0.1, 0.15) is 12.2 Å². The molecule has 0 saturated carbocycles. The van der Waals surface area contributed by atoms with Gasteiger partial charge < -0.3 is 35.0 Å². The molecule has 4 N–H and O–H groups in total. The Morgan fingerprint density at radius 1 is 1.20 bits per heavy atom. The summed E-state index contributed by atoms with van der Waals surface area (Å²) >= 11 is 2.06. The van der Waals surface area contributed by atoms with E-state index in [4.69, 9.17) is 9.47 Å². The lowest BCUT2D eigenvalue weighted by Crippen LogP contribution is -2.54. The molecular weight excluding hydrogens is 627 g/mol. The Kier molecular flexibility index (Phi) is 12.0. The van der Waals surface area contributed by atoms with Crippen LogP contribution in [-0.2, 0) is 22.7 Å². The number of carbonyl (C=O) groups excluding carboxylic acids is 2. The smallest absolute Gasteiger partial charge is 0.247 e. The Morgan fingerprint density at radius 2 is 1.93 bits per heavy atom. The number of rotatable bonds is 13. The molecule has 0 radical (unpaired) electrons. The molecule has 0 aliphatic heterocycles. The van der Waals surface area contributed by atoms with E-state index in [-0.39, 0.29) is 45.1 Å². The number of allylic oxidation sites excluding steroid dienone is 1. The first kappa shape index (κ1) is 31.6. The van der Waals surface area contributed by atoms with E-state index >= 15 is 0 Å². The monoisotopic (exact) mass is 664 g/mol. The average molecular weight is 665 g/mol. The second-order valence-corrected chi connectivity index (χ2v) is 10.8. The zero-order valence-electron chi connectivity index (χ0n) is 22.8. The van der Waals surface area contributed by atoms with Crippen LogP contribution in [0, 0.1) is 10.5 Å². The van der Waals surface area contributed by atoms with Gasteiger partial charge in [-0.1, -0.05) is 35.9 Å². The summed E-state index contributed by atoms with van der Waals surface area (Å²) in [6.45, 7) is 5.60. The van der Waals surface area contributed by atoms with Crippen LogP contribution in [0.1, 0.15) is 36.0 Å². The van der Waals surface area contributed by atoms with Crippen LogP contribution in [0.4, 0.5) is 0 Å². The molecule has 2 aromatic rings. The van der Waals surface area contributed by atoms with Crippen LogP contribution in [-0.4, -0.2) is 70.5 Å². The number of aliphatic hydroxyl groups excluding tert-OH is 3. The summed E-state index contributed by atoms with van der Waals surface area (Å²) in [6.07, 6.45) is 1.83. The fourth-order valence-electron chi connectivity index (χ4n) is 4.54. The van der Waals surface area contributed by atoms with Crippen LogP contribution >= 0.6 is 22.6 Å². The minimum Gasteiger partial charge on any atom is -0.493 e. The van der Waals surface area contributed by atoms with Crippen molar-refractivity contribution < 1.29 is 34.4 Å². The molecule has 0 saturated heterocycles. The molecule has 40 heavy (non-hydrogen) atoms. The van der Waals surface area contributed by atoms with Gasteiger partial charge in [-0.15, -0.1) is 6.58 Å². The molecule has 1 aliphatic carbocycles. The van der Waals surface area contributed by atoms with Gasteiger partial charge in [-0.05, 0) is 65.3 Å². The lowest BCUT2D eigenvalue weighted by molar-refractivity contribution is -0.139. The van der Waals surface area contributed by atoms with Gasteiger partial charge in [0.05, 0.1) is 29.9 Å². The van der Waals surface area contributed by atoms with Crippen molar-refractivity contribution in [2.45, 2.75) is 57.6 Å². The van der Waals surface area contributed by atoms with Crippen molar-refractivity contribution in [3.8, 4) is 11.5 Å². The molecule has 0 heterocycles. The number of methoxy groups -OCH3 is 1. The first-order valence-corrected chi connectivity index (χ1v) is 14.2. The molecule has 0 aromatic heterocycles. The maximum atomic E-state index is 13.5. The van der Waals surface area contributed by atoms with Crippen molar-refractivity contribution in [1.82, 2.24) is 10.2 Å². The molecular formula is C30H37IN2O7. The van der Waals surface area contributed by atoms with E-state index in [2.05, 4.69) is 34.5 Å². The van der Waals surface area contributed by atoms with E-state index in [0.29, 0.717) is 32.6 Å². The van der Waals surface area contributed by atoms with Crippen LogP contribution in [0.25, 0.3) is 0 Å². The third-order valence-electron chi connectivity index (χ3n) is 6.70.